The monoisotopic (exact) mass is 373 g/mol. The number of nitrogens with zero attached hydrogens (tertiary/aromatic N) is 1. The van der Waals surface area contributed by atoms with E-state index in [1.807, 2.05) is 46.7 Å². The Balaban J connectivity index is 1.78. The van der Waals surface area contributed by atoms with E-state index in [1.54, 1.807) is 18.4 Å². The fourth-order valence-corrected chi connectivity index (χ4v) is 4.12. The zero-order valence-electron chi connectivity index (χ0n) is 14.8. The second-order valence-electron chi connectivity index (χ2n) is 6.59. The third kappa shape index (κ3) is 4.25. The van der Waals surface area contributed by atoms with Crippen molar-refractivity contribution in [3.05, 3.63) is 46.7 Å². The van der Waals surface area contributed by atoms with Crippen molar-refractivity contribution in [2.45, 2.75) is 32.2 Å². The van der Waals surface area contributed by atoms with Crippen LogP contribution >= 0.6 is 11.3 Å². The van der Waals surface area contributed by atoms with Crippen LogP contribution in [0.4, 0.5) is 5.69 Å². The fourth-order valence-electron chi connectivity index (χ4n) is 3.42. The molecule has 0 bridgehead atoms. The van der Waals surface area contributed by atoms with Crippen LogP contribution in [0.15, 0.2) is 41.8 Å². The first-order valence-corrected chi connectivity index (χ1v) is 9.67. The fraction of sp³-hybridized carbons (Fsp3) is 0.400. The smallest absolute Gasteiger partial charge is 0.306 e. The minimum Gasteiger partial charge on any atom is -0.497 e. The summed E-state index contributed by atoms with van der Waals surface area (Å²) in [6, 6.07) is 11.5. The molecule has 1 aliphatic carbocycles. The van der Waals surface area contributed by atoms with E-state index in [4.69, 9.17) is 9.84 Å². The molecule has 1 aromatic heterocycles. The topological polar surface area (TPSA) is 66.8 Å². The van der Waals surface area contributed by atoms with Crippen molar-refractivity contribution >= 4 is 28.9 Å². The zero-order valence-corrected chi connectivity index (χ0v) is 15.6. The average molecular weight is 373 g/mol. The maximum atomic E-state index is 13.2. The number of amides is 1. The molecule has 0 radical (unpaired) electrons. The first kappa shape index (κ1) is 18.5. The van der Waals surface area contributed by atoms with Gasteiger partial charge in [-0.05, 0) is 61.4 Å². The molecule has 1 aromatic carbocycles. The van der Waals surface area contributed by atoms with Crippen LogP contribution < -0.4 is 9.64 Å². The first-order valence-electron chi connectivity index (χ1n) is 8.79. The first-order chi connectivity index (χ1) is 12.6. The largest absolute Gasteiger partial charge is 0.497 e. The summed E-state index contributed by atoms with van der Waals surface area (Å²) < 4.78 is 5.21. The van der Waals surface area contributed by atoms with Crippen LogP contribution in [-0.4, -0.2) is 24.1 Å². The summed E-state index contributed by atoms with van der Waals surface area (Å²) in [4.78, 5) is 27.3. The Morgan fingerprint density at radius 2 is 1.77 bits per heavy atom. The number of thiophene rings is 1. The number of methoxy groups -OCH3 is 1. The highest BCUT2D eigenvalue weighted by Crippen LogP contribution is 2.32. The van der Waals surface area contributed by atoms with Gasteiger partial charge in [-0.1, -0.05) is 6.07 Å². The Kier molecular flexibility index (Phi) is 5.93. The zero-order chi connectivity index (χ0) is 18.5. The normalized spacial score (nSPS) is 19.7. The Hall–Kier alpha value is -2.34. The van der Waals surface area contributed by atoms with Crippen molar-refractivity contribution in [3.8, 4) is 5.75 Å². The molecule has 138 valence electrons. The van der Waals surface area contributed by atoms with Gasteiger partial charge in [0, 0.05) is 16.5 Å². The minimum absolute atomic E-state index is 0.0763. The van der Waals surface area contributed by atoms with Crippen molar-refractivity contribution < 1.29 is 19.4 Å². The second kappa shape index (κ2) is 8.36. The van der Waals surface area contributed by atoms with Gasteiger partial charge >= 0.3 is 5.97 Å². The number of carboxylic acid groups (broad SMARTS) is 1. The number of aliphatic carboxylic acids is 1. The SMILES string of the molecule is COc1ccc(N(Cc2cccs2)C(=O)C2CCC(C(=O)O)CC2)cc1. The number of carboxylic acids is 1. The Morgan fingerprint density at radius 1 is 1.12 bits per heavy atom. The number of rotatable bonds is 6. The van der Waals surface area contributed by atoms with Gasteiger partial charge in [0.2, 0.25) is 5.91 Å². The van der Waals surface area contributed by atoms with Crippen LogP contribution in [0, 0.1) is 11.8 Å². The molecule has 26 heavy (non-hydrogen) atoms. The van der Waals surface area contributed by atoms with Gasteiger partial charge in [-0.25, -0.2) is 0 Å². The molecule has 1 heterocycles. The van der Waals surface area contributed by atoms with E-state index in [1.165, 1.54) is 0 Å². The van der Waals surface area contributed by atoms with Gasteiger partial charge in [0.25, 0.3) is 0 Å². The highest BCUT2D eigenvalue weighted by molar-refractivity contribution is 7.09. The molecule has 1 fully saturated rings. The number of carbonyl (C=O) groups excluding carboxylic acids is 1. The van der Waals surface area contributed by atoms with Gasteiger partial charge in [0.15, 0.2) is 0 Å². The summed E-state index contributed by atoms with van der Waals surface area (Å²) in [7, 11) is 1.62. The van der Waals surface area contributed by atoms with Gasteiger partial charge < -0.3 is 14.7 Å². The van der Waals surface area contributed by atoms with Gasteiger partial charge in [-0.3, -0.25) is 9.59 Å². The lowest BCUT2D eigenvalue weighted by molar-refractivity contribution is -0.144. The number of anilines is 1. The van der Waals surface area contributed by atoms with E-state index >= 15 is 0 Å². The van der Waals surface area contributed by atoms with E-state index in [0.29, 0.717) is 32.2 Å². The standard InChI is InChI=1S/C20H23NO4S/c1-25-17-10-8-16(9-11-17)21(13-18-3-2-12-26-18)19(22)14-4-6-15(7-5-14)20(23)24/h2-3,8-12,14-15H,4-7,13H2,1H3,(H,23,24). The third-order valence-corrected chi connectivity index (χ3v) is 5.83. The maximum Gasteiger partial charge on any atom is 0.306 e. The van der Waals surface area contributed by atoms with E-state index in [-0.39, 0.29) is 17.7 Å². The maximum absolute atomic E-state index is 13.2. The van der Waals surface area contributed by atoms with Crippen LogP contribution in [0.3, 0.4) is 0 Å². The number of ether oxygens (including phenoxy) is 1. The summed E-state index contributed by atoms with van der Waals surface area (Å²) in [5.74, 6) is -0.355. The summed E-state index contributed by atoms with van der Waals surface area (Å²) in [6.07, 6.45) is 2.40. The summed E-state index contributed by atoms with van der Waals surface area (Å²) in [5.41, 5.74) is 0.838. The Labute approximate surface area is 157 Å². The molecule has 3 rings (SSSR count). The molecular weight excluding hydrogens is 350 g/mol. The average Bonchev–Trinajstić information content (AvgIpc) is 3.19. The predicted molar refractivity (Wildman–Crippen MR) is 102 cm³/mol. The molecule has 1 aliphatic rings. The van der Waals surface area contributed by atoms with Gasteiger partial charge in [-0.15, -0.1) is 11.3 Å². The van der Waals surface area contributed by atoms with Crippen LogP contribution in [0.25, 0.3) is 0 Å². The third-order valence-electron chi connectivity index (χ3n) is 4.97. The van der Waals surface area contributed by atoms with E-state index < -0.39 is 5.97 Å². The molecule has 2 aromatic rings. The number of hydrogen-bond donors (Lipinski definition) is 1. The van der Waals surface area contributed by atoms with E-state index in [9.17, 15) is 9.59 Å². The van der Waals surface area contributed by atoms with Crippen molar-refractivity contribution in [2.24, 2.45) is 11.8 Å². The second-order valence-corrected chi connectivity index (χ2v) is 7.62. The van der Waals surface area contributed by atoms with Gasteiger partial charge in [0.1, 0.15) is 5.75 Å². The number of benzene rings is 1. The van der Waals surface area contributed by atoms with Crippen molar-refractivity contribution in [3.63, 3.8) is 0 Å². The summed E-state index contributed by atoms with van der Waals surface area (Å²) >= 11 is 1.63. The lowest BCUT2D eigenvalue weighted by Gasteiger charge is -2.31. The molecule has 1 saturated carbocycles. The summed E-state index contributed by atoms with van der Waals surface area (Å²) in [5, 5.41) is 11.2. The predicted octanol–water partition coefficient (Wildman–Crippen LogP) is 4.18. The molecule has 0 aliphatic heterocycles. The lowest BCUT2D eigenvalue weighted by Crippen LogP contribution is -2.38. The van der Waals surface area contributed by atoms with E-state index in [2.05, 4.69) is 0 Å². The molecule has 1 N–H and O–H groups in total. The van der Waals surface area contributed by atoms with Crippen molar-refractivity contribution in [1.82, 2.24) is 0 Å². The number of hydrogen-bond acceptors (Lipinski definition) is 4. The summed E-state index contributed by atoms with van der Waals surface area (Å²) in [6.45, 7) is 0.529. The van der Waals surface area contributed by atoms with Gasteiger partial charge in [-0.2, -0.15) is 0 Å². The molecule has 6 heteroatoms. The molecule has 0 spiro atoms. The highest BCUT2D eigenvalue weighted by Gasteiger charge is 2.32. The Morgan fingerprint density at radius 3 is 2.31 bits per heavy atom. The number of carbonyl (C=O) groups is 2. The molecule has 1 amide bonds. The van der Waals surface area contributed by atoms with Crippen molar-refractivity contribution in [2.75, 3.05) is 12.0 Å². The van der Waals surface area contributed by atoms with Crippen LogP contribution in [-0.2, 0) is 16.1 Å². The molecular formula is C20H23NO4S. The van der Waals surface area contributed by atoms with Gasteiger partial charge in [0.05, 0.1) is 19.6 Å². The quantitative estimate of drug-likeness (QED) is 0.825. The van der Waals surface area contributed by atoms with E-state index in [0.717, 1.165) is 16.3 Å². The Bertz CT molecular complexity index is 734. The molecule has 0 atom stereocenters. The molecule has 5 nitrogen and oxygen atoms in total. The lowest BCUT2D eigenvalue weighted by atomic mass is 9.81. The molecule has 0 unspecified atom stereocenters. The highest BCUT2D eigenvalue weighted by atomic mass is 32.1. The van der Waals surface area contributed by atoms with Crippen LogP contribution in [0.2, 0.25) is 0 Å². The molecule has 0 saturated heterocycles. The van der Waals surface area contributed by atoms with Crippen LogP contribution in [0.5, 0.6) is 5.75 Å². The van der Waals surface area contributed by atoms with Crippen LogP contribution in [0.1, 0.15) is 30.6 Å². The minimum atomic E-state index is -0.749. The van der Waals surface area contributed by atoms with Crippen molar-refractivity contribution in [1.29, 1.82) is 0 Å².